The molecule has 0 aromatic heterocycles. The summed E-state index contributed by atoms with van der Waals surface area (Å²) in [5, 5.41) is 0.296. The molecule has 18 heavy (non-hydrogen) atoms. The summed E-state index contributed by atoms with van der Waals surface area (Å²) in [6, 6.07) is 0. The van der Waals surface area contributed by atoms with Crippen molar-refractivity contribution in [3.63, 3.8) is 0 Å². The summed E-state index contributed by atoms with van der Waals surface area (Å²) >= 11 is 6.00. The van der Waals surface area contributed by atoms with Gasteiger partial charge in [0.25, 0.3) is 0 Å². The van der Waals surface area contributed by atoms with E-state index in [0.717, 1.165) is 38.9 Å². The number of ether oxygens (including phenoxy) is 3. The first-order valence-electron chi connectivity index (χ1n) is 7.18. The zero-order valence-corrected chi connectivity index (χ0v) is 12.7. The highest BCUT2D eigenvalue weighted by Gasteiger charge is 2.00. The summed E-state index contributed by atoms with van der Waals surface area (Å²) in [7, 11) is 0. The molecule has 0 aliphatic rings. The van der Waals surface area contributed by atoms with E-state index < -0.39 is 0 Å². The van der Waals surface area contributed by atoms with Gasteiger partial charge in [-0.05, 0) is 25.7 Å². The van der Waals surface area contributed by atoms with Crippen molar-refractivity contribution < 1.29 is 14.2 Å². The van der Waals surface area contributed by atoms with Gasteiger partial charge in [0, 0.05) is 18.6 Å². The van der Waals surface area contributed by atoms with E-state index in [1.165, 1.54) is 6.42 Å². The Morgan fingerprint density at radius 2 is 1.28 bits per heavy atom. The molecule has 0 N–H and O–H groups in total. The van der Waals surface area contributed by atoms with E-state index in [4.69, 9.17) is 25.8 Å². The molecule has 1 atom stereocenters. The minimum Gasteiger partial charge on any atom is -0.379 e. The largest absolute Gasteiger partial charge is 0.379 e. The normalized spacial score (nSPS) is 12.8. The second-order valence-electron chi connectivity index (χ2n) is 4.34. The fourth-order valence-electron chi connectivity index (χ4n) is 1.40. The lowest BCUT2D eigenvalue weighted by Gasteiger charge is -2.08. The number of alkyl halides is 1. The Morgan fingerprint density at radius 1 is 0.778 bits per heavy atom. The molecule has 4 heteroatoms. The van der Waals surface area contributed by atoms with Gasteiger partial charge in [0.15, 0.2) is 0 Å². The highest BCUT2D eigenvalue weighted by atomic mass is 35.5. The van der Waals surface area contributed by atoms with Crippen molar-refractivity contribution in [2.75, 3.05) is 39.6 Å². The Hall–Kier alpha value is 0.170. The quantitative estimate of drug-likeness (QED) is 0.359. The number of hydrogen-bond acceptors (Lipinski definition) is 3. The monoisotopic (exact) mass is 280 g/mol. The average molecular weight is 281 g/mol. The van der Waals surface area contributed by atoms with Crippen LogP contribution in [-0.4, -0.2) is 45.0 Å². The SMILES string of the molecule is CCCCOCCOCCOCCCC(Cl)CC. The molecule has 0 heterocycles. The molecule has 0 radical (unpaired) electrons. The second kappa shape index (κ2) is 15.2. The van der Waals surface area contributed by atoms with Gasteiger partial charge in [0.2, 0.25) is 0 Å². The van der Waals surface area contributed by atoms with Crippen LogP contribution in [-0.2, 0) is 14.2 Å². The molecule has 0 aliphatic carbocycles. The molecule has 0 bridgehead atoms. The van der Waals surface area contributed by atoms with E-state index in [1.54, 1.807) is 0 Å². The van der Waals surface area contributed by atoms with Gasteiger partial charge in [-0.1, -0.05) is 20.3 Å². The zero-order chi connectivity index (χ0) is 13.5. The maximum atomic E-state index is 6.00. The third-order valence-electron chi connectivity index (χ3n) is 2.64. The van der Waals surface area contributed by atoms with Crippen LogP contribution in [0.3, 0.4) is 0 Å². The molecule has 0 aromatic carbocycles. The predicted molar refractivity (Wildman–Crippen MR) is 76.5 cm³/mol. The second-order valence-corrected chi connectivity index (χ2v) is 4.96. The van der Waals surface area contributed by atoms with E-state index in [2.05, 4.69) is 13.8 Å². The lowest BCUT2D eigenvalue weighted by atomic mass is 10.2. The van der Waals surface area contributed by atoms with Crippen molar-refractivity contribution in [1.82, 2.24) is 0 Å². The summed E-state index contributed by atoms with van der Waals surface area (Å²) in [4.78, 5) is 0. The standard InChI is InChI=1S/C14H29ClO3/c1-3-5-8-16-10-12-18-13-11-17-9-6-7-14(15)4-2/h14H,3-13H2,1-2H3. The van der Waals surface area contributed by atoms with Gasteiger partial charge in [0.05, 0.1) is 26.4 Å². The predicted octanol–water partition coefficient (Wildman–Crippen LogP) is 3.63. The molecule has 0 fully saturated rings. The molecule has 0 spiro atoms. The highest BCUT2D eigenvalue weighted by Crippen LogP contribution is 2.08. The van der Waals surface area contributed by atoms with Gasteiger partial charge >= 0.3 is 0 Å². The third-order valence-corrected chi connectivity index (χ3v) is 3.16. The summed E-state index contributed by atoms with van der Waals surface area (Å²) in [5.41, 5.74) is 0. The van der Waals surface area contributed by atoms with Crippen molar-refractivity contribution in [3.8, 4) is 0 Å². The smallest absolute Gasteiger partial charge is 0.0701 e. The van der Waals surface area contributed by atoms with E-state index in [-0.39, 0.29) is 0 Å². The zero-order valence-electron chi connectivity index (χ0n) is 12.0. The van der Waals surface area contributed by atoms with Crippen molar-refractivity contribution in [1.29, 1.82) is 0 Å². The molecule has 110 valence electrons. The summed E-state index contributed by atoms with van der Waals surface area (Å²) in [5.74, 6) is 0. The first-order valence-corrected chi connectivity index (χ1v) is 7.62. The van der Waals surface area contributed by atoms with Crippen LogP contribution in [0.25, 0.3) is 0 Å². The third kappa shape index (κ3) is 14.2. The fraction of sp³-hybridized carbons (Fsp3) is 1.00. The van der Waals surface area contributed by atoms with E-state index in [0.29, 0.717) is 31.8 Å². The van der Waals surface area contributed by atoms with Crippen LogP contribution in [0.2, 0.25) is 0 Å². The Morgan fingerprint density at radius 3 is 1.78 bits per heavy atom. The van der Waals surface area contributed by atoms with Crippen LogP contribution in [0.15, 0.2) is 0 Å². The van der Waals surface area contributed by atoms with Crippen molar-refractivity contribution in [2.45, 2.75) is 51.3 Å². The molecular formula is C14H29ClO3. The van der Waals surface area contributed by atoms with E-state index in [9.17, 15) is 0 Å². The van der Waals surface area contributed by atoms with Crippen molar-refractivity contribution in [3.05, 3.63) is 0 Å². The number of halogens is 1. The number of unbranched alkanes of at least 4 members (excludes halogenated alkanes) is 1. The summed E-state index contributed by atoms with van der Waals surface area (Å²) in [6.07, 6.45) is 5.40. The molecule has 1 unspecified atom stereocenters. The molecule has 0 saturated heterocycles. The van der Waals surface area contributed by atoms with Crippen molar-refractivity contribution in [2.24, 2.45) is 0 Å². The van der Waals surface area contributed by atoms with Crippen LogP contribution in [0, 0.1) is 0 Å². The first-order chi connectivity index (χ1) is 8.81. The average Bonchev–Trinajstić information content (AvgIpc) is 2.39. The lowest BCUT2D eigenvalue weighted by molar-refractivity contribution is 0.0134. The van der Waals surface area contributed by atoms with Crippen LogP contribution in [0.1, 0.15) is 46.0 Å². The summed E-state index contributed by atoms with van der Waals surface area (Å²) < 4.78 is 16.2. The highest BCUT2D eigenvalue weighted by molar-refractivity contribution is 6.20. The summed E-state index contributed by atoms with van der Waals surface area (Å²) in [6.45, 7) is 8.53. The molecule has 0 aliphatic heterocycles. The number of rotatable bonds is 14. The molecule has 0 amide bonds. The van der Waals surface area contributed by atoms with Crippen LogP contribution >= 0.6 is 11.6 Å². The van der Waals surface area contributed by atoms with Gasteiger partial charge < -0.3 is 14.2 Å². The Kier molecular flexibility index (Phi) is 15.4. The Balaban J connectivity index is 2.94. The van der Waals surface area contributed by atoms with Crippen LogP contribution in [0.5, 0.6) is 0 Å². The van der Waals surface area contributed by atoms with Gasteiger partial charge in [0.1, 0.15) is 0 Å². The molecular weight excluding hydrogens is 252 g/mol. The van der Waals surface area contributed by atoms with Crippen molar-refractivity contribution >= 4 is 11.6 Å². The number of hydrogen-bond donors (Lipinski definition) is 0. The van der Waals surface area contributed by atoms with Crippen LogP contribution in [0.4, 0.5) is 0 Å². The molecule has 3 nitrogen and oxygen atoms in total. The maximum absolute atomic E-state index is 6.00. The lowest BCUT2D eigenvalue weighted by Crippen LogP contribution is -2.10. The minimum absolute atomic E-state index is 0.296. The fourth-order valence-corrected chi connectivity index (χ4v) is 1.55. The molecule has 0 aromatic rings. The van der Waals surface area contributed by atoms with Gasteiger partial charge in [-0.3, -0.25) is 0 Å². The van der Waals surface area contributed by atoms with E-state index in [1.807, 2.05) is 0 Å². The van der Waals surface area contributed by atoms with Gasteiger partial charge in [-0.15, -0.1) is 11.6 Å². The van der Waals surface area contributed by atoms with E-state index >= 15 is 0 Å². The maximum Gasteiger partial charge on any atom is 0.0701 e. The first kappa shape index (κ1) is 18.2. The van der Waals surface area contributed by atoms with Crippen LogP contribution < -0.4 is 0 Å². The Bertz CT molecular complexity index is 156. The minimum atomic E-state index is 0.296. The molecule has 0 rings (SSSR count). The Labute approximate surface area is 117 Å². The van der Waals surface area contributed by atoms with Gasteiger partial charge in [-0.25, -0.2) is 0 Å². The topological polar surface area (TPSA) is 27.7 Å². The van der Waals surface area contributed by atoms with Gasteiger partial charge in [-0.2, -0.15) is 0 Å². The molecule has 0 saturated carbocycles.